The second-order valence-electron chi connectivity index (χ2n) is 6.65. The predicted molar refractivity (Wildman–Crippen MR) is 93.6 cm³/mol. The van der Waals surface area contributed by atoms with Crippen molar-refractivity contribution in [1.29, 1.82) is 0 Å². The van der Waals surface area contributed by atoms with Gasteiger partial charge in [-0.05, 0) is 49.9 Å². The first-order valence-electron chi connectivity index (χ1n) is 8.58. The van der Waals surface area contributed by atoms with Crippen molar-refractivity contribution in [3.8, 4) is 0 Å². The molecule has 1 aromatic heterocycles. The maximum Gasteiger partial charge on any atom is 0.395 e. The zero-order valence-corrected chi connectivity index (χ0v) is 14.6. The van der Waals surface area contributed by atoms with Crippen LogP contribution in [-0.4, -0.2) is 39.5 Å². The van der Waals surface area contributed by atoms with Crippen molar-refractivity contribution in [3.63, 3.8) is 0 Å². The smallest absolute Gasteiger partial charge is 0.395 e. The highest BCUT2D eigenvalue weighted by Crippen LogP contribution is 2.34. The summed E-state index contributed by atoms with van der Waals surface area (Å²) in [5.41, 5.74) is 4.81. The highest BCUT2D eigenvalue weighted by atomic mass is 16.4. The molecule has 0 radical (unpaired) electrons. The van der Waals surface area contributed by atoms with Gasteiger partial charge in [0.1, 0.15) is 0 Å². The minimum absolute atomic E-state index is 0.640. The highest BCUT2D eigenvalue weighted by molar-refractivity contribution is 6.34. The molecule has 0 unspecified atom stereocenters. The Kier molecular flexibility index (Phi) is 4.45. The molecular weight excluding hydrogens is 304 g/mol. The molecule has 2 heterocycles. The lowest BCUT2D eigenvalue weighted by atomic mass is 10.0. The summed E-state index contributed by atoms with van der Waals surface area (Å²) in [7, 11) is 0. The van der Waals surface area contributed by atoms with Crippen LogP contribution in [0.15, 0.2) is 12.1 Å². The van der Waals surface area contributed by atoms with Crippen molar-refractivity contribution in [2.45, 2.75) is 46.6 Å². The fourth-order valence-corrected chi connectivity index (χ4v) is 3.66. The number of carbonyl (C=O) groups is 2. The number of rotatable bonds is 3. The lowest BCUT2D eigenvalue weighted by Gasteiger charge is -2.27. The monoisotopic (exact) mass is 328 g/mol. The summed E-state index contributed by atoms with van der Waals surface area (Å²) in [6, 6.07) is 4.08. The summed E-state index contributed by atoms with van der Waals surface area (Å²) in [5.74, 6) is -2.26. The number of fused-ring (bicyclic) bond motifs is 3. The van der Waals surface area contributed by atoms with Gasteiger partial charge in [-0.25, -0.2) is 4.79 Å². The summed E-state index contributed by atoms with van der Waals surface area (Å²) in [5, 5.41) is 10.3. The van der Waals surface area contributed by atoms with E-state index in [0.29, 0.717) is 6.54 Å². The Bertz CT molecular complexity index is 820. The Morgan fingerprint density at radius 3 is 2.67 bits per heavy atom. The van der Waals surface area contributed by atoms with Gasteiger partial charge in [0.2, 0.25) is 0 Å². The van der Waals surface area contributed by atoms with Crippen LogP contribution in [0.2, 0.25) is 0 Å². The number of carboxylic acid groups (broad SMARTS) is 1. The van der Waals surface area contributed by atoms with Crippen molar-refractivity contribution < 1.29 is 14.7 Å². The van der Waals surface area contributed by atoms with Crippen LogP contribution in [0.3, 0.4) is 0 Å². The number of benzene rings is 1. The number of carbonyl (C=O) groups excluding carboxylic acids is 1. The number of hydrogen-bond donors (Lipinski definition) is 1. The Morgan fingerprint density at radius 2 is 2.00 bits per heavy atom. The van der Waals surface area contributed by atoms with Gasteiger partial charge in [-0.15, -0.1) is 0 Å². The Labute approximate surface area is 141 Å². The van der Waals surface area contributed by atoms with Crippen LogP contribution in [0.4, 0.5) is 0 Å². The molecule has 0 aliphatic carbocycles. The molecule has 0 amide bonds. The van der Waals surface area contributed by atoms with Gasteiger partial charge >= 0.3 is 11.9 Å². The number of carboxylic acids is 1. The maximum atomic E-state index is 12.4. The average molecular weight is 328 g/mol. The van der Waals surface area contributed by atoms with Gasteiger partial charge in [0.15, 0.2) is 0 Å². The van der Waals surface area contributed by atoms with E-state index in [1.807, 2.05) is 19.9 Å². The SMILES string of the molecule is CCCCN1CCc2c(n(C(=O)C(=O)O)c3c(C)c(C)ccc23)C1. The molecule has 1 N–H and O–H groups in total. The maximum absolute atomic E-state index is 12.4. The molecule has 0 saturated heterocycles. The molecule has 5 nitrogen and oxygen atoms in total. The van der Waals surface area contributed by atoms with Crippen LogP contribution in [0.25, 0.3) is 10.9 Å². The molecule has 0 saturated carbocycles. The number of aromatic nitrogens is 1. The Balaban J connectivity index is 2.20. The van der Waals surface area contributed by atoms with Gasteiger partial charge in [0.05, 0.1) is 5.52 Å². The molecule has 128 valence electrons. The van der Waals surface area contributed by atoms with E-state index >= 15 is 0 Å². The van der Waals surface area contributed by atoms with Crippen molar-refractivity contribution in [2.75, 3.05) is 13.1 Å². The minimum atomic E-state index is -1.40. The van der Waals surface area contributed by atoms with Crippen LogP contribution in [0.5, 0.6) is 0 Å². The van der Waals surface area contributed by atoms with Gasteiger partial charge < -0.3 is 5.11 Å². The molecule has 1 aromatic carbocycles. The summed E-state index contributed by atoms with van der Waals surface area (Å²) in [6.07, 6.45) is 3.09. The normalized spacial score (nSPS) is 14.8. The van der Waals surface area contributed by atoms with Gasteiger partial charge in [0, 0.05) is 24.2 Å². The molecule has 1 aliphatic heterocycles. The summed E-state index contributed by atoms with van der Waals surface area (Å²) >= 11 is 0. The van der Waals surface area contributed by atoms with E-state index in [4.69, 9.17) is 0 Å². The predicted octanol–water partition coefficient (Wildman–Crippen LogP) is 3.14. The van der Waals surface area contributed by atoms with Gasteiger partial charge in [-0.2, -0.15) is 0 Å². The van der Waals surface area contributed by atoms with Crippen LogP contribution < -0.4 is 0 Å². The topological polar surface area (TPSA) is 62.5 Å². The average Bonchev–Trinajstić information content (AvgIpc) is 2.89. The third kappa shape index (κ3) is 2.63. The van der Waals surface area contributed by atoms with E-state index in [2.05, 4.69) is 17.9 Å². The van der Waals surface area contributed by atoms with Crippen LogP contribution in [0, 0.1) is 13.8 Å². The second-order valence-corrected chi connectivity index (χ2v) is 6.65. The minimum Gasteiger partial charge on any atom is -0.474 e. The van der Waals surface area contributed by atoms with E-state index in [1.165, 1.54) is 4.57 Å². The fourth-order valence-electron chi connectivity index (χ4n) is 3.66. The quantitative estimate of drug-likeness (QED) is 0.879. The molecule has 0 atom stereocenters. The highest BCUT2D eigenvalue weighted by Gasteiger charge is 2.29. The van der Waals surface area contributed by atoms with Crippen LogP contribution in [-0.2, 0) is 17.8 Å². The van der Waals surface area contributed by atoms with Gasteiger partial charge in [-0.3, -0.25) is 14.3 Å². The zero-order valence-electron chi connectivity index (χ0n) is 14.6. The van der Waals surface area contributed by atoms with E-state index in [0.717, 1.165) is 65.6 Å². The third-order valence-corrected chi connectivity index (χ3v) is 5.13. The summed E-state index contributed by atoms with van der Waals surface area (Å²) in [6.45, 7) is 8.69. The number of aryl methyl sites for hydroxylation is 2. The molecule has 0 spiro atoms. The fraction of sp³-hybridized carbons (Fsp3) is 0.474. The molecule has 24 heavy (non-hydrogen) atoms. The van der Waals surface area contributed by atoms with Crippen molar-refractivity contribution in [2.24, 2.45) is 0 Å². The summed E-state index contributed by atoms with van der Waals surface area (Å²) in [4.78, 5) is 26.1. The zero-order chi connectivity index (χ0) is 17.4. The number of unbranched alkanes of at least 4 members (excludes halogenated alkanes) is 1. The first kappa shape index (κ1) is 16.7. The van der Waals surface area contributed by atoms with Crippen molar-refractivity contribution in [1.82, 2.24) is 9.47 Å². The van der Waals surface area contributed by atoms with E-state index in [-0.39, 0.29) is 0 Å². The molecule has 1 aliphatic rings. The molecule has 0 fully saturated rings. The first-order chi connectivity index (χ1) is 11.5. The molecule has 3 rings (SSSR count). The lowest BCUT2D eigenvalue weighted by Crippen LogP contribution is -2.34. The number of aliphatic carboxylic acids is 1. The molecule has 2 aromatic rings. The van der Waals surface area contributed by atoms with Gasteiger partial charge in [-0.1, -0.05) is 25.5 Å². The molecular formula is C19H24N2O3. The summed E-state index contributed by atoms with van der Waals surface area (Å²) < 4.78 is 1.45. The van der Waals surface area contributed by atoms with Crippen LogP contribution in [0.1, 0.15) is 46.9 Å². The lowest BCUT2D eigenvalue weighted by molar-refractivity contribution is -0.132. The van der Waals surface area contributed by atoms with Crippen molar-refractivity contribution >= 4 is 22.8 Å². The van der Waals surface area contributed by atoms with E-state index < -0.39 is 11.9 Å². The number of hydrogen-bond acceptors (Lipinski definition) is 3. The van der Waals surface area contributed by atoms with E-state index in [9.17, 15) is 14.7 Å². The third-order valence-electron chi connectivity index (χ3n) is 5.13. The Hall–Kier alpha value is -2.14. The van der Waals surface area contributed by atoms with Crippen molar-refractivity contribution in [3.05, 3.63) is 34.5 Å². The molecule has 0 bridgehead atoms. The molecule has 5 heteroatoms. The standard InChI is InChI=1S/C19H24N2O3/c1-4-5-9-20-10-8-14-15-7-6-12(2)13(3)17(15)21(16(14)11-20)18(22)19(23)24/h6-7H,4-5,8-11H2,1-3H3,(H,23,24). The van der Waals surface area contributed by atoms with Crippen LogP contribution >= 0.6 is 0 Å². The first-order valence-corrected chi connectivity index (χ1v) is 8.58. The largest absolute Gasteiger partial charge is 0.474 e. The Morgan fingerprint density at radius 1 is 1.25 bits per heavy atom. The van der Waals surface area contributed by atoms with E-state index in [1.54, 1.807) is 0 Å². The second kappa shape index (κ2) is 6.40. The van der Waals surface area contributed by atoms with Gasteiger partial charge in [0.25, 0.3) is 0 Å². The number of nitrogens with zero attached hydrogens (tertiary/aromatic N) is 2.